The van der Waals surface area contributed by atoms with Gasteiger partial charge in [0.05, 0.1) is 35.0 Å². The summed E-state index contributed by atoms with van der Waals surface area (Å²) < 4.78 is 18.3. The van der Waals surface area contributed by atoms with Crippen LogP contribution in [0.15, 0.2) is 65.1 Å². The van der Waals surface area contributed by atoms with Crippen LogP contribution in [0, 0.1) is 0 Å². The van der Waals surface area contributed by atoms with E-state index in [0.29, 0.717) is 25.5 Å². The van der Waals surface area contributed by atoms with E-state index in [1.165, 1.54) is 0 Å². The van der Waals surface area contributed by atoms with Crippen LogP contribution in [0.25, 0.3) is 0 Å². The molecule has 33 heavy (non-hydrogen) atoms. The normalized spacial score (nSPS) is 13.6. The number of halogens is 2. The molecule has 0 aliphatic carbocycles. The van der Waals surface area contributed by atoms with Gasteiger partial charge in [-0.15, -0.1) is 0 Å². The fourth-order valence-corrected chi connectivity index (χ4v) is 4.64. The average Bonchev–Trinajstić information content (AvgIpc) is 2.84. The topological polar surface area (TPSA) is 43.0 Å². The lowest BCUT2D eigenvalue weighted by Gasteiger charge is -2.29. The molecule has 1 heterocycles. The maximum Gasteiger partial charge on any atom is 0.175 e. The van der Waals surface area contributed by atoms with Crippen molar-refractivity contribution in [3.05, 3.63) is 81.3 Å². The summed E-state index contributed by atoms with van der Waals surface area (Å²) in [4.78, 5) is 2.26. The lowest BCUT2D eigenvalue weighted by Crippen LogP contribution is -2.36. The fourth-order valence-electron chi connectivity index (χ4n) is 3.74. The van der Waals surface area contributed by atoms with E-state index in [4.69, 9.17) is 25.8 Å². The minimum absolute atomic E-state index is 0.477. The van der Waals surface area contributed by atoms with Gasteiger partial charge >= 0.3 is 0 Å². The van der Waals surface area contributed by atoms with Crippen molar-refractivity contribution in [2.45, 2.75) is 20.1 Å². The zero-order chi connectivity index (χ0) is 23.0. The molecular formula is C26H28BrClN2O3. The largest absolute Gasteiger partial charge is 0.490 e. The Morgan fingerprint density at radius 1 is 1.00 bits per heavy atom. The van der Waals surface area contributed by atoms with Crippen molar-refractivity contribution < 1.29 is 14.2 Å². The number of nitrogens with zero attached hydrogens (tertiary/aromatic N) is 1. The highest BCUT2D eigenvalue weighted by atomic mass is 79.9. The molecule has 174 valence electrons. The Balaban J connectivity index is 1.44. The molecular weight excluding hydrogens is 504 g/mol. The second kappa shape index (κ2) is 11.6. The standard InChI is InChI=1S/C26H28BrClN2O3/c1-2-32-25-15-20(14-22(27)26(25)33-18-19-6-4-3-5-7-19)17-29-21-8-9-24(23(28)16-21)30-10-12-31-13-11-30/h3-9,14-16,29H,2,10-13,17-18H2,1H3. The van der Waals surface area contributed by atoms with Crippen LogP contribution in [0.4, 0.5) is 11.4 Å². The maximum atomic E-state index is 6.58. The predicted molar refractivity (Wildman–Crippen MR) is 138 cm³/mol. The van der Waals surface area contributed by atoms with E-state index in [9.17, 15) is 0 Å². The van der Waals surface area contributed by atoms with Gasteiger partial charge < -0.3 is 24.4 Å². The lowest BCUT2D eigenvalue weighted by atomic mass is 10.2. The zero-order valence-electron chi connectivity index (χ0n) is 18.7. The third kappa shape index (κ3) is 6.34. The second-order valence-corrected chi connectivity index (χ2v) is 8.99. The summed E-state index contributed by atoms with van der Waals surface area (Å²) >= 11 is 10.2. The van der Waals surface area contributed by atoms with Crippen molar-refractivity contribution in [1.82, 2.24) is 0 Å². The number of benzene rings is 3. The minimum atomic E-state index is 0.477. The summed E-state index contributed by atoms with van der Waals surface area (Å²) in [5.41, 5.74) is 4.20. The van der Waals surface area contributed by atoms with Gasteiger partial charge in [-0.1, -0.05) is 41.9 Å². The highest BCUT2D eigenvalue weighted by Gasteiger charge is 2.15. The second-order valence-electron chi connectivity index (χ2n) is 7.73. The Kier molecular flexibility index (Phi) is 8.37. The number of anilines is 2. The molecule has 1 aliphatic rings. The van der Waals surface area contributed by atoms with Crippen LogP contribution in [0.1, 0.15) is 18.1 Å². The van der Waals surface area contributed by atoms with E-state index in [0.717, 1.165) is 64.0 Å². The van der Waals surface area contributed by atoms with E-state index < -0.39 is 0 Å². The van der Waals surface area contributed by atoms with Crippen molar-refractivity contribution in [1.29, 1.82) is 0 Å². The van der Waals surface area contributed by atoms with Crippen molar-refractivity contribution in [2.75, 3.05) is 43.1 Å². The summed E-state index contributed by atoms with van der Waals surface area (Å²) in [7, 11) is 0. The van der Waals surface area contributed by atoms with Crippen molar-refractivity contribution in [3.8, 4) is 11.5 Å². The van der Waals surface area contributed by atoms with Gasteiger partial charge in [0.2, 0.25) is 0 Å². The molecule has 1 fully saturated rings. The summed E-state index contributed by atoms with van der Waals surface area (Å²) in [6.45, 7) is 6.83. The maximum absolute atomic E-state index is 6.58. The van der Waals surface area contributed by atoms with Crippen LogP contribution >= 0.6 is 27.5 Å². The highest BCUT2D eigenvalue weighted by Crippen LogP contribution is 2.38. The van der Waals surface area contributed by atoms with Crippen molar-refractivity contribution in [2.24, 2.45) is 0 Å². The number of rotatable bonds is 9. The van der Waals surface area contributed by atoms with Crippen LogP contribution in [0.3, 0.4) is 0 Å². The molecule has 3 aromatic rings. The molecule has 3 aromatic carbocycles. The molecule has 0 radical (unpaired) electrons. The van der Waals surface area contributed by atoms with Crippen LogP contribution < -0.4 is 19.7 Å². The number of ether oxygens (including phenoxy) is 3. The Morgan fingerprint density at radius 2 is 1.79 bits per heavy atom. The van der Waals surface area contributed by atoms with E-state index in [1.807, 2.05) is 49.4 Å². The van der Waals surface area contributed by atoms with Crippen LogP contribution in [-0.4, -0.2) is 32.9 Å². The van der Waals surface area contributed by atoms with Gasteiger partial charge in [0.25, 0.3) is 0 Å². The minimum Gasteiger partial charge on any atom is -0.490 e. The SMILES string of the molecule is CCOc1cc(CNc2ccc(N3CCOCC3)c(Cl)c2)cc(Br)c1OCc1ccccc1. The van der Waals surface area contributed by atoms with Gasteiger partial charge in [0.15, 0.2) is 11.5 Å². The van der Waals surface area contributed by atoms with Gasteiger partial charge in [-0.2, -0.15) is 0 Å². The fraction of sp³-hybridized carbons (Fsp3) is 0.308. The highest BCUT2D eigenvalue weighted by molar-refractivity contribution is 9.10. The molecule has 4 rings (SSSR count). The van der Waals surface area contributed by atoms with Gasteiger partial charge in [0.1, 0.15) is 6.61 Å². The van der Waals surface area contributed by atoms with Crippen LogP contribution in [0.2, 0.25) is 5.02 Å². The van der Waals surface area contributed by atoms with Crippen molar-refractivity contribution in [3.63, 3.8) is 0 Å². The first-order valence-electron chi connectivity index (χ1n) is 11.1. The number of hydrogen-bond donors (Lipinski definition) is 1. The Hall–Kier alpha value is -2.41. The van der Waals surface area contributed by atoms with Gasteiger partial charge in [-0.25, -0.2) is 0 Å². The quantitative estimate of drug-likeness (QED) is 0.340. The molecule has 1 aliphatic heterocycles. The third-order valence-corrected chi connectivity index (χ3v) is 6.28. The van der Waals surface area contributed by atoms with Crippen molar-refractivity contribution >= 4 is 38.9 Å². The van der Waals surface area contributed by atoms with Gasteiger partial charge in [-0.05, 0) is 64.3 Å². The molecule has 0 aromatic heterocycles. The number of morpholine rings is 1. The molecule has 5 nitrogen and oxygen atoms in total. The monoisotopic (exact) mass is 530 g/mol. The molecule has 7 heteroatoms. The van der Waals surface area contributed by atoms with E-state index in [2.05, 4.69) is 44.3 Å². The number of hydrogen-bond acceptors (Lipinski definition) is 5. The van der Waals surface area contributed by atoms with E-state index in [1.54, 1.807) is 0 Å². The predicted octanol–water partition coefficient (Wildman–Crippen LogP) is 6.53. The number of nitrogens with one attached hydrogen (secondary N) is 1. The first kappa shape index (κ1) is 23.7. The molecule has 0 bridgehead atoms. The summed E-state index contributed by atoms with van der Waals surface area (Å²) in [5, 5.41) is 4.20. The molecule has 0 atom stereocenters. The smallest absolute Gasteiger partial charge is 0.175 e. The van der Waals surface area contributed by atoms with Gasteiger partial charge in [-0.3, -0.25) is 0 Å². The molecule has 0 saturated carbocycles. The molecule has 0 unspecified atom stereocenters. The summed E-state index contributed by atoms with van der Waals surface area (Å²) in [6.07, 6.45) is 0. The lowest BCUT2D eigenvalue weighted by molar-refractivity contribution is 0.122. The molecule has 0 amide bonds. The Bertz CT molecular complexity index is 1060. The Labute approximate surface area is 208 Å². The van der Waals surface area contributed by atoms with Gasteiger partial charge in [0, 0.05) is 25.3 Å². The molecule has 0 spiro atoms. The van der Waals surface area contributed by atoms with Crippen LogP contribution in [0.5, 0.6) is 11.5 Å². The van der Waals surface area contributed by atoms with E-state index >= 15 is 0 Å². The van der Waals surface area contributed by atoms with Crippen LogP contribution in [-0.2, 0) is 17.9 Å². The third-order valence-electron chi connectivity index (χ3n) is 5.39. The summed E-state index contributed by atoms with van der Waals surface area (Å²) in [6, 6.07) is 20.3. The summed E-state index contributed by atoms with van der Waals surface area (Å²) in [5.74, 6) is 1.43. The van der Waals surface area contributed by atoms with E-state index in [-0.39, 0.29) is 0 Å². The molecule has 1 saturated heterocycles. The molecule has 1 N–H and O–H groups in total. The first-order valence-corrected chi connectivity index (χ1v) is 12.3. The zero-order valence-corrected chi connectivity index (χ0v) is 21.0. The Morgan fingerprint density at radius 3 is 2.52 bits per heavy atom. The average molecular weight is 532 g/mol. The first-order chi connectivity index (χ1) is 16.1.